The molecular weight excluding hydrogens is 248 g/mol. The van der Waals surface area contributed by atoms with Crippen molar-refractivity contribution in [2.75, 3.05) is 23.2 Å². The lowest BCUT2D eigenvalue weighted by Gasteiger charge is -2.43. The molecule has 0 spiro atoms. The fourth-order valence-corrected chi connectivity index (χ4v) is 4.17. The summed E-state index contributed by atoms with van der Waals surface area (Å²) in [6.07, 6.45) is 0. The average Bonchev–Trinajstić information content (AvgIpc) is 2.47. The Hall–Kier alpha value is -1.74. The third-order valence-electron chi connectivity index (χ3n) is 3.93. The minimum Gasteiger partial charge on any atom is -0.384 e. The number of hydrogen-bond acceptors (Lipinski definition) is 2. The first-order chi connectivity index (χ1) is 9.03. The lowest BCUT2D eigenvalue weighted by molar-refractivity contribution is 1.14. The first kappa shape index (κ1) is 13.7. The van der Waals surface area contributed by atoms with E-state index < -0.39 is 8.40 Å². The molecule has 0 bridgehead atoms. The van der Waals surface area contributed by atoms with E-state index in [1.165, 1.54) is 11.4 Å². The van der Waals surface area contributed by atoms with Gasteiger partial charge in [0.25, 0.3) is 8.40 Å². The summed E-state index contributed by atoms with van der Waals surface area (Å²) < 4.78 is 4.86. The number of nitrogens with zero attached hydrogens (tertiary/aromatic N) is 2. The zero-order valence-corrected chi connectivity index (χ0v) is 13.2. The molecule has 2 aromatic rings. The summed E-state index contributed by atoms with van der Waals surface area (Å²) in [5.74, 6) is 0. The van der Waals surface area contributed by atoms with E-state index in [0.29, 0.717) is 0 Å². The Morgan fingerprint density at radius 2 is 0.947 bits per heavy atom. The molecule has 0 heterocycles. The molecule has 0 unspecified atom stereocenters. The molecule has 0 fully saturated rings. The molecule has 0 radical (unpaired) electrons. The van der Waals surface area contributed by atoms with Crippen molar-refractivity contribution >= 4 is 19.8 Å². The molecule has 0 amide bonds. The van der Waals surface area contributed by atoms with Crippen LogP contribution in [-0.2, 0) is 0 Å². The maximum atomic E-state index is 2.43. The molecule has 0 saturated heterocycles. The van der Waals surface area contributed by atoms with Gasteiger partial charge in [0.2, 0.25) is 0 Å². The maximum absolute atomic E-state index is 2.43. The van der Waals surface area contributed by atoms with Crippen LogP contribution in [0.5, 0.6) is 0 Å². The Balaban J connectivity index is 2.27. The van der Waals surface area contributed by atoms with Gasteiger partial charge in [-0.05, 0) is 51.5 Å². The van der Waals surface area contributed by atoms with E-state index in [9.17, 15) is 0 Å². The van der Waals surface area contributed by atoms with Gasteiger partial charge < -0.3 is 9.13 Å². The van der Waals surface area contributed by atoms with Crippen molar-refractivity contribution in [1.82, 2.24) is 0 Å². The second-order valence-corrected chi connectivity index (χ2v) is 9.61. The van der Waals surface area contributed by atoms with Gasteiger partial charge in [0, 0.05) is 11.4 Å². The van der Waals surface area contributed by atoms with Crippen LogP contribution in [0.25, 0.3) is 0 Å². The molecule has 0 aliphatic heterocycles. The molecule has 0 N–H and O–H groups in total. The Labute approximate surface area is 117 Å². The maximum Gasteiger partial charge on any atom is 0.257 e. The van der Waals surface area contributed by atoms with E-state index in [4.69, 9.17) is 0 Å². The zero-order valence-electron chi connectivity index (χ0n) is 12.2. The number of anilines is 2. The lowest BCUT2D eigenvalue weighted by atomic mass is 10.3. The molecule has 0 atom stereocenters. The first-order valence-corrected chi connectivity index (χ1v) is 9.50. The second-order valence-electron chi connectivity index (χ2n) is 5.28. The van der Waals surface area contributed by atoms with Gasteiger partial charge >= 0.3 is 0 Å². The SMILES string of the molecule is CN(c1ccccc1)[Si](C)(C)N(C)c1ccccc1. The highest BCUT2D eigenvalue weighted by Gasteiger charge is 2.33. The van der Waals surface area contributed by atoms with Crippen LogP contribution in [0, 0.1) is 0 Å². The monoisotopic (exact) mass is 270 g/mol. The molecule has 0 saturated carbocycles. The molecule has 0 aliphatic carbocycles. The van der Waals surface area contributed by atoms with E-state index >= 15 is 0 Å². The number of para-hydroxylation sites is 2. The van der Waals surface area contributed by atoms with Crippen LogP contribution < -0.4 is 9.13 Å². The topological polar surface area (TPSA) is 6.48 Å². The van der Waals surface area contributed by atoms with Crippen molar-refractivity contribution in [3.8, 4) is 0 Å². The number of hydrogen-bond donors (Lipinski definition) is 0. The lowest BCUT2D eigenvalue weighted by Crippen LogP contribution is -2.59. The van der Waals surface area contributed by atoms with Crippen LogP contribution in [0.15, 0.2) is 60.7 Å². The van der Waals surface area contributed by atoms with E-state index in [1.807, 2.05) is 0 Å². The molecule has 0 aliphatic rings. The van der Waals surface area contributed by atoms with Crippen molar-refractivity contribution < 1.29 is 0 Å². The zero-order chi connectivity index (χ0) is 13.9. The van der Waals surface area contributed by atoms with Gasteiger partial charge in [0.15, 0.2) is 0 Å². The summed E-state index contributed by atoms with van der Waals surface area (Å²) in [7, 11) is 2.67. The van der Waals surface area contributed by atoms with E-state index in [1.54, 1.807) is 0 Å². The molecule has 2 nitrogen and oxygen atoms in total. The molecular formula is C16H22N2Si. The number of rotatable bonds is 4. The van der Waals surface area contributed by atoms with Crippen molar-refractivity contribution in [1.29, 1.82) is 0 Å². The summed E-state index contributed by atoms with van der Waals surface area (Å²) in [5, 5.41) is 0. The second kappa shape index (κ2) is 5.49. The Kier molecular flexibility index (Phi) is 3.95. The summed E-state index contributed by atoms with van der Waals surface area (Å²) in [4.78, 5) is 0. The average molecular weight is 270 g/mol. The predicted octanol–water partition coefficient (Wildman–Crippen LogP) is 3.96. The first-order valence-electron chi connectivity index (χ1n) is 6.61. The fourth-order valence-electron chi connectivity index (χ4n) is 2.16. The molecule has 100 valence electrons. The van der Waals surface area contributed by atoms with Gasteiger partial charge in [-0.2, -0.15) is 0 Å². The fraction of sp³-hybridized carbons (Fsp3) is 0.250. The highest BCUT2D eigenvalue weighted by molar-refractivity contribution is 6.84. The minimum absolute atomic E-state index is 1.28. The third kappa shape index (κ3) is 2.82. The highest BCUT2D eigenvalue weighted by Crippen LogP contribution is 2.25. The molecule has 2 aromatic carbocycles. The standard InChI is InChI=1S/C16H22N2Si/c1-17(15-11-7-5-8-12-15)19(3,4)18(2)16-13-9-6-10-14-16/h5-14H,1-4H3. The Morgan fingerprint density at radius 3 is 1.26 bits per heavy atom. The van der Waals surface area contributed by atoms with Gasteiger partial charge in [-0.25, -0.2) is 0 Å². The van der Waals surface area contributed by atoms with Crippen LogP contribution in [0.4, 0.5) is 11.4 Å². The normalized spacial score (nSPS) is 11.2. The quantitative estimate of drug-likeness (QED) is 0.776. The smallest absolute Gasteiger partial charge is 0.257 e. The van der Waals surface area contributed by atoms with Gasteiger partial charge in [-0.1, -0.05) is 36.4 Å². The van der Waals surface area contributed by atoms with Crippen molar-refractivity contribution in [2.24, 2.45) is 0 Å². The van der Waals surface area contributed by atoms with Crippen molar-refractivity contribution in [2.45, 2.75) is 13.1 Å². The van der Waals surface area contributed by atoms with Crippen LogP contribution in [0.2, 0.25) is 13.1 Å². The van der Waals surface area contributed by atoms with Gasteiger partial charge in [-0.15, -0.1) is 0 Å². The van der Waals surface area contributed by atoms with Gasteiger partial charge in [0.1, 0.15) is 0 Å². The van der Waals surface area contributed by atoms with E-state index in [-0.39, 0.29) is 0 Å². The summed E-state index contributed by atoms with van der Waals surface area (Å²) in [5.41, 5.74) is 2.56. The highest BCUT2D eigenvalue weighted by atomic mass is 28.3. The number of benzene rings is 2. The summed E-state index contributed by atoms with van der Waals surface area (Å²) >= 11 is 0. The van der Waals surface area contributed by atoms with Crippen molar-refractivity contribution in [3.63, 3.8) is 0 Å². The molecule has 2 rings (SSSR count). The van der Waals surface area contributed by atoms with Crippen LogP contribution >= 0.6 is 0 Å². The van der Waals surface area contributed by atoms with E-state index in [2.05, 4.69) is 97.0 Å². The Morgan fingerprint density at radius 1 is 0.632 bits per heavy atom. The summed E-state index contributed by atoms with van der Waals surface area (Å²) in [6.45, 7) is 4.74. The van der Waals surface area contributed by atoms with E-state index in [0.717, 1.165) is 0 Å². The molecule has 3 heteroatoms. The van der Waals surface area contributed by atoms with Crippen molar-refractivity contribution in [3.05, 3.63) is 60.7 Å². The van der Waals surface area contributed by atoms with Crippen LogP contribution in [-0.4, -0.2) is 22.5 Å². The molecule has 0 aromatic heterocycles. The van der Waals surface area contributed by atoms with Crippen LogP contribution in [0.3, 0.4) is 0 Å². The van der Waals surface area contributed by atoms with Crippen LogP contribution in [0.1, 0.15) is 0 Å². The molecule has 19 heavy (non-hydrogen) atoms. The van der Waals surface area contributed by atoms with Gasteiger partial charge in [0.05, 0.1) is 0 Å². The minimum atomic E-state index is -1.73. The Bertz CT molecular complexity index is 463. The largest absolute Gasteiger partial charge is 0.384 e. The summed E-state index contributed by atoms with van der Waals surface area (Å²) in [6, 6.07) is 21.2. The van der Waals surface area contributed by atoms with Gasteiger partial charge in [-0.3, -0.25) is 0 Å². The predicted molar refractivity (Wildman–Crippen MR) is 87.2 cm³/mol. The third-order valence-corrected chi connectivity index (χ3v) is 7.73.